The SMILES string of the molecule is CCCCCOC(=O)[C@H](C)NP(=O)(OC[C@H]1O[C@@H](n2c(I)nc3c(OC)nc(N)nc32)[C@](C)(O)[C@@H]1O)Oc1cccc2ccccc12. The van der Waals surface area contributed by atoms with Crippen LogP contribution >= 0.6 is 30.3 Å². The van der Waals surface area contributed by atoms with Gasteiger partial charge in [-0.05, 0) is 31.7 Å². The van der Waals surface area contributed by atoms with E-state index in [4.69, 9.17) is 29.0 Å². The van der Waals surface area contributed by atoms with Crippen molar-refractivity contribution in [2.75, 3.05) is 26.1 Å². The second kappa shape index (κ2) is 14.6. The minimum atomic E-state index is -4.36. The number of anilines is 1. The van der Waals surface area contributed by atoms with Crippen LogP contribution in [-0.2, 0) is 23.4 Å². The Bertz CT molecular complexity index is 1780. The number of unbranched alkanes of at least 4 members (excludes halogenated alkanes) is 2. The van der Waals surface area contributed by atoms with E-state index in [0.717, 1.165) is 18.2 Å². The standard InChI is InChI=1S/C30H38IN6O9P/c1-5-6-9-15-43-26(39)17(2)36-47(41,46-20-14-10-12-18-11-7-8-13-19(18)20)44-16-21-23(38)30(3,40)27(45-21)37-24-22(33-28(37)31)25(42-4)35-29(32)34-24/h7-8,10-14,17,21,23,27,38,40H,5-6,9,15-16H2,1-4H3,(H,36,41)(H2,32,34,35)/t17-,21+,23+,27+,30+,47?/m0/s1. The number of aliphatic hydroxyl groups excluding tert-OH is 1. The molecule has 0 spiro atoms. The molecule has 2 aromatic heterocycles. The van der Waals surface area contributed by atoms with Gasteiger partial charge in [0, 0.05) is 28.0 Å². The van der Waals surface area contributed by atoms with E-state index in [2.05, 4.69) is 20.0 Å². The Morgan fingerprint density at radius 3 is 2.70 bits per heavy atom. The number of hydrogen-bond donors (Lipinski definition) is 4. The second-order valence-electron chi connectivity index (χ2n) is 11.3. The molecule has 6 atom stereocenters. The molecule has 4 aromatic rings. The number of esters is 1. The summed E-state index contributed by atoms with van der Waals surface area (Å²) in [6, 6.07) is 11.5. The molecule has 2 aromatic carbocycles. The average molecular weight is 785 g/mol. The molecule has 1 unspecified atom stereocenters. The van der Waals surface area contributed by atoms with Crippen LogP contribution in [0.15, 0.2) is 42.5 Å². The summed E-state index contributed by atoms with van der Waals surface area (Å²) in [4.78, 5) is 25.5. The number of ether oxygens (including phenoxy) is 3. The quantitative estimate of drug-likeness (QED) is 0.0468. The molecule has 5 rings (SSSR count). The van der Waals surface area contributed by atoms with Gasteiger partial charge in [0.15, 0.2) is 21.2 Å². The summed E-state index contributed by atoms with van der Waals surface area (Å²) >= 11 is 1.93. The van der Waals surface area contributed by atoms with E-state index in [9.17, 15) is 19.6 Å². The minimum Gasteiger partial charge on any atom is -0.479 e. The Kier molecular flexibility index (Phi) is 10.9. The molecule has 1 fully saturated rings. The number of halogens is 1. The highest BCUT2D eigenvalue weighted by atomic mass is 127. The van der Waals surface area contributed by atoms with Gasteiger partial charge in [0.25, 0.3) is 0 Å². The van der Waals surface area contributed by atoms with Crippen LogP contribution in [-0.4, -0.2) is 79.9 Å². The first-order valence-electron chi connectivity index (χ1n) is 15.1. The number of benzene rings is 2. The summed E-state index contributed by atoms with van der Waals surface area (Å²) in [7, 11) is -2.96. The van der Waals surface area contributed by atoms with Crippen molar-refractivity contribution in [3.8, 4) is 11.6 Å². The zero-order chi connectivity index (χ0) is 33.9. The number of aromatic nitrogens is 4. The lowest BCUT2D eigenvalue weighted by Crippen LogP contribution is -2.45. The van der Waals surface area contributed by atoms with Crippen LogP contribution in [0.2, 0.25) is 0 Å². The zero-order valence-electron chi connectivity index (χ0n) is 26.3. The van der Waals surface area contributed by atoms with Gasteiger partial charge in [0.2, 0.25) is 11.8 Å². The first kappa shape index (κ1) is 35.2. The fourth-order valence-corrected chi connectivity index (χ4v) is 7.49. The highest BCUT2D eigenvalue weighted by Crippen LogP contribution is 2.49. The van der Waals surface area contributed by atoms with Crippen molar-refractivity contribution < 1.29 is 42.8 Å². The highest BCUT2D eigenvalue weighted by Gasteiger charge is 2.55. The molecule has 0 aliphatic carbocycles. The number of imidazole rings is 1. The number of hydrogen-bond acceptors (Lipinski definition) is 13. The predicted octanol–water partition coefficient (Wildman–Crippen LogP) is 4.10. The van der Waals surface area contributed by atoms with Crippen LogP contribution in [0.1, 0.15) is 46.3 Å². The van der Waals surface area contributed by atoms with Crippen LogP contribution in [0.4, 0.5) is 5.95 Å². The van der Waals surface area contributed by atoms with Gasteiger partial charge in [-0.25, -0.2) is 9.55 Å². The predicted molar refractivity (Wildman–Crippen MR) is 181 cm³/mol. The summed E-state index contributed by atoms with van der Waals surface area (Å²) in [5, 5.41) is 26.9. The number of nitrogens with zero attached hydrogens (tertiary/aromatic N) is 4. The topological polar surface area (TPSA) is 202 Å². The van der Waals surface area contributed by atoms with Crippen molar-refractivity contribution in [3.63, 3.8) is 0 Å². The summed E-state index contributed by atoms with van der Waals surface area (Å²) < 4.78 is 44.8. The third-order valence-corrected chi connectivity index (χ3v) is 10.1. The first-order valence-corrected chi connectivity index (χ1v) is 17.7. The maximum atomic E-state index is 14.4. The van der Waals surface area contributed by atoms with Gasteiger partial charge in [0.05, 0.1) is 20.3 Å². The largest absolute Gasteiger partial charge is 0.479 e. The van der Waals surface area contributed by atoms with Crippen LogP contribution in [0, 0.1) is 3.83 Å². The fraction of sp³-hybridized carbons (Fsp3) is 0.467. The molecular weight excluding hydrogens is 746 g/mol. The Hall–Kier alpha value is -3.12. The average Bonchev–Trinajstić information content (AvgIpc) is 3.48. The lowest BCUT2D eigenvalue weighted by Gasteiger charge is -2.28. The Morgan fingerprint density at radius 1 is 1.21 bits per heavy atom. The summed E-state index contributed by atoms with van der Waals surface area (Å²) in [6.45, 7) is 4.62. The molecule has 0 saturated carbocycles. The van der Waals surface area contributed by atoms with E-state index in [-0.39, 0.29) is 35.3 Å². The van der Waals surface area contributed by atoms with Crippen molar-refractivity contribution in [2.24, 2.45) is 0 Å². The van der Waals surface area contributed by atoms with Gasteiger partial charge in [-0.1, -0.05) is 56.2 Å². The van der Waals surface area contributed by atoms with E-state index in [1.165, 1.54) is 25.5 Å². The molecule has 3 heterocycles. The number of nitrogens with two attached hydrogens (primary N) is 1. The second-order valence-corrected chi connectivity index (χ2v) is 14.0. The number of nitrogens with one attached hydrogen (secondary N) is 1. The molecule has 0 bridgehead atoms. The number of rotatable bonds is 14. The number of aliphatic hydroxyl groups is 2. The van der Waals surface area contributed by atoms with Crippen LogP contribution in [0.5, 0.6) is 11.6 Å². The van der Waals surface area contributed by atoms with E-state index in [1.807, 2.05) is 53.8 Å². The molecule has 5 N–H and O–H groups in total. The number of nitrogen functional groups attached to an aromatic ring is 1. The maximum absolute atomic E-state index is 14.4. The lowest BCUT2D eigenvalue weighted by molar-refractivity contribution is -0.145. The van der Waals surface area contributed by atoms with Gasteiger partial charge >= 0.3 is 13.7 Å². The molecule has 47 heavy (non-hydrogen) atoms. The van der Waals surface area contributed by atoms with Crippen molar-refractivity contribution in [2.45, 2.75) is 70.1 Å². The van der Waals surface area contributed by atoms with Crippen molar-refractivity contribution in [1.82, 2.24) is 24.6 Å². The van der Waals surface area contributed by atoms with Crippen molar-refractivity contribution in [1.29, 1.82) is 0 Å². The van der Waals surface area contributed by atoms with Crippen molar-refractivity contribution >= 4 is 64.2 Å². The first-order chi connectivity index (χ1) is 22.4. The Morgan fingerprint density at radius 2 is 1.96 bits per heavy atom. The number of fused-ring (bicyclic) bond motifs is 2. The minimum absolute atomic E-state index is 0.0967. The number of carbonyl (C=O) groups is 1. The van der Waals surface area contributed by atoms with Crippen LogP contribution < -0.4 is 20.1 Å². The van der Waals surface area contributed by atoms with Crippen LogP contribution in [0.3, 0.4) is 0 Å². The third kappa shape index (κ3) is 7.48. The van der Waals surface area contributed by atoms with Gasteiger partial charge < -0.3 is 34.7 Å². The summed E-state index contributed by atoms with van der Waals surface area (Å²) in [5.74, 6) is -0.367. The number of carbonyl (C=O) groups excluding carboxylic acids is 1. The zero-order valence-corrected chi connectivity index (χ0v) is 29.4. The number of methoxy groups -OCH3 is 1. The highest BCUT2D eigenvalue weighted by molar-refractivity contribution is 14.1. The summed E-state index contributed by atoms with van der Waals surface area (Å²) in [6.07, 6.45) is -1.42. The van der Waals surface area contributed by atoms with E-state index in [1.54, 1.807) is 18.2 Å². The van der Waals surface area contributed by atoms with Crippen LogP contribution in [0.25, 0.3) is 21.9 Å². The molecule has 0 amide bonds. The summed E-state index contributed by atoms with van der Waals surface area (Å²) in [5.41, 5.74) is 4.46. The van der Waals surface area contributed by atoms with Gasteiger partial charge in [-0.15, -0.1) is 0 Å². The molecule has 254 valence electrons. The maximum Gasteiger partial charge on any atom is 0.459 e. The van der Waals surface area contributed by atoms with Gasteiger partial charge in [-0.3, -0.25) is 13.9 Å². The van der Waals surface area contributed by atoms with Crippen molar-refractivity contribution in [3.05, 3.63) is 46.3 Å². The Labute approximate surface area is 284 Å². The van der Waals surface area contributed by atoms with E-state index < -0.39 is 50.4 Å². The van der Waals surface area contributed by atoms with Gasteiger partial charge in [-0.2, -0.15) is 15.1 Å². The molecule has 1 saturated heterocycles. The Balaban J connectivity index is 1.40. The molecule has 17 heteroatoms. The van der Waals surface area contributed by atoms with Gasteiger partial charge in [0.1, 0.15) is 29.6 Å². The molecular formula is C30H38IN6O9P. The molecule has 1 aliphatic heterocycles. The molecule has 15 nitrogen and oxygen atoms in total. The molecule has 1 aliphatic rings. The fourth-order valence-electron chi connectivity index (χ4n) is 5.25. The molecule has 0 radical (unpaired) electrons. The lowest BCUT2D eigenvalue weighted by atomic mass is 9.96. The van der Waals surface area contributed by atoms with E-state index in [0.29, 0.717) is 15.6 Å². The third-order valence-electron chi connectivity index (χ3n) is 7.74. The smallest absolute Gasteiger partial charge is 0.459 e. The van der Waals surface area contributed by atoms with E-state index >= 15 is 0 Å². The monoisotopic (exact) mass is 784 g/mol. The normalized spacial score (nSPS) is 23.1.